The molecule has 0 saturated heterocycles. The Bertz CT molecular complexity index is 522. The highest BCUT2D eigenvalue weighted by atomic mass is 16.5. The first-order valence-corrected chi connectivity index (χ1v) is 6.59. The van der Waals surface area contributed by atoms with Crippen molar-refractivity contribution in [2.24, 2.45) is 0 Å². The Morgan fingerprint density at radius 3 is 2.42 bits per heavy atom. The van der Waals surface area contributed by atoms with E-state index in [9.17, 15) is 5.11 Å². The molecule has 0 fully saturated rings. The molecule has 19 heavy (non-hydrogen) atoms. The molecule has 0 aliphatic heterocycles. The lowest BCUT2D eigenvalue weighted by Gasteiger charge is -2.28. The highest BCUT2D eigenvalue weighted by Gasteiger charge is 2.27. The van der Waals surface area contributed by atoms with Gasteiger partial charge in [-0.1, -0.05) is 49.4 Å². The Labute approximate surface area is 114 Å². The lowest BCUT2D eigenvalue weighted by atomic mass is 9.85. The first-order chi connectivity index (χ1) is 9.18. The molecule has 2 nitrogen and oxygen atoms in total. The van der Waals surface area contributed by atoms with Crippen molar-refractivity contribution in [3.05, 3.63) is 65.7 Å². The Balaban J connectivity index is 2.30. The van der Waals surface area contributed by atoms with Crippen LogP contribution in [0.15, 0.2) is 54.6 Å². The Kier molecular flexibility index (Phi) is 4.23. The predicted octanol–water partition coefficient (Wildman–Crippen LogP) is 3.54. The fraction of sp³-hybridized carbons (Fsp3) is 0.294. The third-order valence-corrected chi connectivity index (χ3v) is 3.53. The summed E-state index contributed by atoms with van der Waals surface area (Å²) in [5.41, 5.74) is 1.18. The molecule has 0 spiro atoms. The standard InChI is InChI=1S/C17H20O2/c1-3-17(18,13-14-8-5-4-6-9-14)15-10-7-11-16(12-15)19-2/h4-12,18H,3,13H2,1-2H3. The summed E-state index contributed by atoms with van der Waals surface area (Å²) in [6.07, 6.45) is 1.27. The molecule has 0 aromatic heterocycles. The van der Waals surface area contributed by atoms with Crippen molar-refractivity contribution in [1.82, 2.24) is 0 Å². The lowest BCUT2D eigenvalue weighted by Crippen LogP contribution is -2.27. The van der Waals surface area contributed by atoms with E-state index in [4.69, 9.17) is 4.74 Å². The predicted molar refractivity (Wildman–Crippen MR) is 77.3 cm³/mol. The Morgan fingerprint density at radius 1 is 1.05 bits per heavy atom. The molecule has 1 atom stereocenters. The first-order valence-electron chi connectivity index (χ1n) is 6.59. The van der Waals surface area contributed by atoms with Crippen LogP contribution in [-0.4, -0.2) is 12.2 Å². The van der Waals surface area contributed by atoms with Gasteiger partial charge in [-0.3, -0.25) is 0 Å². The molecule has 0 aliphatic carbocycles. The minimum absolute atomic E-state index is 0.609. The number of benzene rings is 2. The van der Waals surface area contributed by atoms with Gasteiger partial charge in [0.1, 0.15) is 5.75 Å². The summed E-state index contributed by atoms with van der Waals surface area (Å²) in [5.74, 6) is 0.775. The maximum absolute atomic E-state index is 10.9. The molecule has 2 aromatic carbocycles. The van der Waals surface area contributed by atoms with Gasteiger partial charge in [-0.15, -0.1) is 0 Å². The third-order valence-electron chi connectivity index (χ3n) is 3.53. The second-order valence-electron chi connectivity index (χ2n) is 4.78. The summed E-state index contributed by atoms with van der Waals surface area (Å²) in [7, 11) is 1.64. The summed E-state index contributed by atoms with van der Waals surface area (Å²) in [4.78, 5) is 0. The smallest absolute Gasteiger partial charge is 0.119 e. The van der Waals surface area contributed by atoms with E-state index in [1.54, 1.807) is 7.11 Å². The van der Waals surface area contributed by atoms with Crippen molar-refractivity contribution in [3.8, 4) is 5.75 Å². The van der Waals surface area contributed by atoms with E-state index in [1.165, 1.54) is 0 Å². The van der Waals surface area contributed by atoms with Gasteiger partial charge in [0.2, 0.25) is 0 Å². The molecule has 2 heteroatoms. The lowest BCUT2D eigenvalue weighted by molar-refractivity contribution is 0.0325. The van der Waals surface area contributed by atoms with Crippen LogP contribution in [0.4, 0.5) is 0 Å². The monoisotopic (exact) mass is 256 g/mol. The van der Waals surface area contributed by atoms with Crippen LogP contribution in [-0.2, 0) is 12.0 Å². The van der Waals surface area contributed by atoms with Crippen LogP contribution < -0.4 is 4.74 Å². The second-order valence-corrected chi connectivity index (χ2v) is 4.78. The molecule has 2 aromatic rings. The van der Waals surface area contributed by atoms with Gasteiger partial charge in [-0.25, -0.2) is 0 Å². The molecule has 1 unspecified atom stereocenters. The van der Waals surface area contributed by atoms with Gasteiger partial charge in [-0.05, 0) is 29.7 Å². The van der Waals surface area contributed by atoms with Crippen molar-refractivity contribution in [2.45, 2.75) is 25.4 Å². The fourth-order valence-electron chi connectivity index (χ4n) is 2.28. The molecule has 2 rings (SSSR count). The van der Waals surface area contributed by atoms with Gasteiger partial charge in [0.15, 0.2) is 0 Å². The minimum atomic E-state index is -0.851. The topological polar surface area (TPSA) is 29.5 Å². The van der Waals surface area contributed by atoms with E-state index in [1.807, 2.05) is 61.5 Å². The van der Waals surface area contributed by atoms with Crippen LogP contribution in [0.1, 0.15) is 24.5 Å². The summed E-state index contributed by atoms with van der Waals surface area (Å²) in [6.45, 7) is 2.00. The molecule has 0 bridgehead atoms. The maximum atomic E-state index is 10.9. The molecular formula is C17H20O2. The molecule has 0 saturated carbocycles. The van der Waals surface area contributed by atoms with Gasteiger partial charge in [0.05, 0.1) is 12.7 Å². The van der Waals surface area contributed by atoms with Gasteiger partial charge < -0.3 is 9.84 Å². The molecule has 1 N–H and O–H groups in total. The molecular weight excluding hydrogens is 236 g/mol. The third kappa shape index (κ3) is 3.15. The zero-order valence-electron chi connectivity index (χ0n) is 11.5. The summed E-state index contributed by atoms with van der Waals surface area (Å²) < 4.78 is 5.23. The van der Waals surface area contributed by atoms with Crippen LogP contribution in [0, 0.1) is 0 Å². The van der Waals surface area contributed by atoms with Crippen molar-refractivity contribution >= 4 is 0 Å². The fourth-order valence-corrected chi connectivity index (χ4v) is 2.28. The summed E-state index contributed by atoms with van der Waals surface area (Å²) in [6, 6.07) is 17.7. The Morgan fingerprint density at radius 2 is 1.79 bits per heavy atom. The van der Waals surface area contributed by atoms with Crippen LogP contribution in [0.25, 0.3) is 0 Å². The molecule has 0 amide bonds. The molecule has 100 valence electrons. The van der Waals surface area contributed by atoms with E-state index in [-0.39, 0.29) is 0 Å². The van der Waals surface area contributed by atoms with E-state index in [0.29, 0.717) is 12.8 Å². The van der Waals surface area contributed by atoms with Crippen molar-refractivity contribution in [1.29, 1.82) is 0 Å². The zero-order valence-corrected chi connectivity index (χ0v) is 11.5. The number of ether oxygens (including phenoxy) is 1. The van der Waals surface area contributed by atoms with Crippen molar-refractivity contribution in [3.63, 3.8) is 0 Å². The summed E-state index contributed by atoms with van der Waals surface area (Å²) >= 11 is 0. The SMILES string of the molecule is CCC(O)(Cc1ccccc1)c1cccc(OC)c1. The van der Waals surface area contributed by atoms with Crippen LogP contribution in [0.3, 0.4) is 0 Å². The number of aliphatic hydroxyl groups is 1. The van der Waals surface area contributed by atoms with Gasteiger partial charge in [0, 0.05) is 6.42 Å². The van der Waals surface area contributed by atoms with E-state index in [0.717, 1.165) is 16.9 Å². The van der Waals surface area contributed by atoms with Gasteiger partial charge in [0.25, 0.3) is 0 Å². The molecule has 0 aliphatic rings. The number of methoxy groups -OCH3 is 1. The highest BCUT2D eigenvalue weighted by molar-refractivity contribution is 5.34. The maximum Gasteiger partial charge on any atom is 0.119 e. The average molecular weight is 256 g/mol. The average Bonchev–Trinajstić information content (AvgIpc) is 2.48. The second kappa shape index (κ2) is 5.89. The van der Waals surface area contributed by atoms with E-state index >= 15 is 0 Å². The first kappa shape index (κ1) is 13.6. The number of hydrogen-bond acceptors (Lipinski definition) is 2. The Hall–Kier alpha value is -1.80. The molecule has 0 radical (unpaired) electrons. The van der Waals surface area contributed by atoms with Gasteiger partial charge in [-0.2, -0.15) is 0 Å². The quantitative estimate of drug-likeness (QED) is 0.886. The number of hydrogen-bond donors (Lipinski definition) is 1. The summed E-state index contributed by atoms with van der Waals surface area (Å²) in [5, 5.41) is 10.9. The van der Waals surface area contributed by atoms with Crippen LogP contribution >= 0.6 is 0 Å². The van der Waals surface area contributed by atoms with Crippen molar-refractivity contribution in [2.75, 3.05) is 7.11 Å². The minimum Gasteiger partial charge on any atom is -0.497 e. The highest BCUT2D eigenvalue weighted by Crippen LogP contribution is 2.31. The largest absolute Gasteiger partial charge is 0.497 e. The van der Waals surface area contributed by atoms with E-state index in [2.05, 4.69) is 0 Å². The van der Waals surface area contributed by atoms with Crippen LogP contribution in [0.5, 0.6) is 5.75 Å². The van der Waals surface area contributed by atoms with Gasteiger partial charge >= 0.3 is 0 Å². The number of rotatable bonds is 5. The van der Waals surface area contributed by atoms with E-state index < -0.39 is 5.60 Å². The van der Waals surface area contributed by atoms with Crippen LogP contribution in [0.2, 0.25) is 0 Å². The van der Waals surface area contributed by atoms with Crippen molar-refractivity contribution < 1.29 is 9.84 Å². The normalized spacial score (nSPS) is 13.8. The zero-order chi connectivity index (χ0) is 13.7. The molecule has 0 heterocycles.